The van der Waals surface area contributed by atoms with Crippen LogP contribution in [0.15, 0.2) is 41.2 Å². The van der Waals surface area contributed by atoms with E-state index in [1.165, 1.54) is 24.0 Å². The first-order valence-corrected chi connectivity index (χ1v) is 12.1. The maximum Gasteiger partial charge on any atom is 0.261 e. The molecule has 1 aromatic heterocycles. The van der Waals surface area contributed by atoms with E-state index >= 15 is 0 Å². The Morgan fingerprint density at radius 3 is 2.41 bits per heavy atom. The van der Waals surface area contributed by atoms with Crippen molar-refractivity contribution in [3.05, 3.63) is 63.7 Å². The summed E-state index contributed by atoms with van der Waals surface area (Å²) in [5.41, 5.74) is 5.67. The Kier molecular flexibility index (Phi) is 6.52. The lowest BCUT2D eigenvalue weighted by atomic mass is 9.96. The van der Waals surface area contributed by atoms with Crippen molar-refractivity contribution < 1.29 is 0 Å². The molecule has 4 rings (SSSR count). The minimum atomic E-state index is 0.103. The van der Waals surface area contributed by atoms with E-state index in [1.54, 1.807) is 0 Å². The fraction of sp³-hybridized carbons (Fsp3) is 0.500. The van der Waals surface area contributed by atoms with Gasteiger partial charge in [0.15, 0.2) is 0 Å². The van der Waals surface area contributed by atoms with E-state index < -0.39 is 0 Å². The summed E-state index contributed by atoms with van der Waals surface area (Å²) in [5, 5.41) is 0.724. The average Bonchev–Trinajstić information content (AvgIpc) is 2.77. The van der Waals surface area contributed by atoms with Gasteiger partial charge in [-0.25, -0.2) is 4.98 Å². The Morgan fingerprint density at radius 1 is 1.00 bits per heavy atom. The second-order valence-electron chi connectivity index (χ2n) is 10.2. The van der Waals surface area contributed by atoms with E-state index in [1.807, 2.05) is 16.7 Å². The SMILES string of the molecule is Cc1ccc(-c2ccc3nc(C(C)C)n(C[C@H]4CCCN(C(C)C)C4)c(=O)c3c2)cc1C. The summed E-state index contributed by atoms with van der Waals surface area (Å²) < 4.78 is 1.98. The van der Waals surface area contributed by atoms with Crippen molar-refractivity contribution in [1.29, 1.82) is 0 Å². The van der Waals surface area contributed by atoms with Gasteiger partial charge in [0.1, 0.15) is 5.82 Å². The molecular formula is C28H37N3O. The van der Waals surface area contributed by atoms with Crippen LogP contribution < -0.4 is 5.56 Å². The molecule has 3 aromatic rings. The molecule has 0 spiro atoms. The van der Waals surface area contributed by atoms with Gasteiger partial charge in [0.25, 0.3) is 5.56 Å². The molecule has 2 aromatic carbocycles. The Labute approximate surface area is 192 Å². The number of aryl methyl sites for hydroxylation is 2. The van der Waals surface area contributed by atoms with Gasteiger partial charge in [-0.3, -0.25) is 9.36 Å². The van der Waals surface area contributed by atoms with E-state index in [0.29, 0.717) is 12.0 Å². The van der Waals surface area contributed by atoms with E-state index in [-0.39, 0.29) is 11.5 Å². The highest BCUT2D eigenvalue weighted by atomic mass is 16.1. The number of aromatic nitrogens is 2. The van der Waals surface area contributed by atoms with E-state index in [2.05, 4.69) is 70.7 Å². The van der Waals surface area contributed by atoms with Crippen LogP contribution in [0.1, 0.15) is 63.4 Å². The number of benzene rings is 2. The normalized spacial score (nSPS) is 17.6. The highest BCUT2D eigenvalue weighted by Crippen LogP contribution is 2.26. The van der Waals surface area contributed by atoms with Crippen molar-refractivity contribution in [2.45, 2.75) is 72.9 Å². The van der Waals surface area contributed by atoms with Crippen LogP contribution in [0.25, 0.3) is 22.0 Å². The quantitative estimate of drug-likeness (QED) is 0.503. The Bertz CT molecular complexity index is 1180. The molecular weight excluding hydrogens is 394 g/mol. The molecule has 170 valence electrons. The molecule has 32 heavy (non-hydrogen) atoms. The molecule has 1 fully saturated rings. The van der Waals surface area contributed by atoms with Gasteiger partial charge in [-0.15, -0.1) is 0 Å². The predicted octanol–water partition coefficient (Wildman–Crippen LogP) is 5.92. The molecule has 1 saturated heterocycles. The van der Waals surface area contributed by atoms with Gasteiger partial charge in [0.05, 0.1) is 10.9 Å². The predicted molar refractivity (Wildman–Crippen MR) is 134 cm³/mol. The third-order valence-electron chi connectivity index (χ3n) is 7.06. The minimum absolute atomic E-state index is 0.103. The third-order valence-corrected chi connectivity index (χ3v) is 7.06. The van der Waals surface area contributed by atoms with Gasteiger partial charge in [0.2, 0.25) is 0 Å². The third kappa shape index (κ3) is 4.52. The lowest BCUT2D eigenvalue weighted by Gasteiger charge is -2.36. The number of hydrogen-bond acceptors (Lipinski definition) is 3. The number of likely N-dealkylation sites (tertiary alicyclic amines) is 1. The van der Waals surface area contributed by atoms with Crippen LogP contribution in [0.2, 0.25) is 0 Å². The second-order valence-corrected chi connectivity index (χ2v) is 10.2. The molecule has 0 N–H and O–H groups in total. The van der Waals surface area contributed by atoms with Gasteiger partial charge in [-0.1, -0.05) is 38.1 Å². The smallest absolute Gasteiger partial charge is 0.261 e. The second kappa shape index (κ2) is 9.19. The van der Waals surface area contributed by atoms with Gasteiger partial charge >= 0.3 is 0 Å². The molecule has 1 aliphatic rings. The molecule has 0 unspecified atom stereocenters. The van der Waals surface area contributed by atoms with Crippen LogP contribution in [-0.2, 0) is 6.54 Å². The lowest BCUT2D eigenvalue weighted by molar-refractivity contribution is 0.129. The summed E-state index contributed by atoms with van der Waals surface area (Å²) in [5.74, 6) is 1.60. The summed E-state index contributed by atoms with van der Waals surface area (Å²) >= 11 is 0. The first-order valence-electron chi connectivity index (χ1n) is 12.1. The molecule has 1 aliphatic heterocycles. The first kappa shape index (κ1) is 22.7. The Morgan fingerprint density at radius 2 is 1.72 bits per heavy atom. The summed E-state index contributed by atoms with van der Waals surface area (Å²) in [4.78, 5) is 21.3. The Hall–Kier alpha value is -2.46. The van der Waals surface area contributed by atoms with E-state index in [9.17, 15) is 4.79 Å². The number of fused-ring (bicyclic) bond motifs is 1. The van der Waals surface area contributed by atoms with Gasteiger partial charge in [0, 0.05) is 25.0 Å². The van der Waals surface area contributed by atoms with E-state index in [0.717, 1.165) is 47.5 Å². The van der Waals surface area contributed by atoms with Crippen LogP contribution in [-0.4, -0.2) is 33.6 Å². The molecule has 0 bridgehead atoms. The van der Waals surface area contributed by atoms with Crippen molar-refractivity contribution in [3.8, 4) is 11.1 Å². The van der Waals surface area contributed by atoms with Crippen molar-refractivity contribution in [2.75, 3.05) is 13.1 Å². The monoisotopic (exact) mass is 431 g/mol. The molecule has 2 heterocycles. The highest BCUT2D eigenvalue weighted by Gasteiger charge is 2.24. The van der Waals surface area contributed by atoms with Crippen LogP contribution in [0, 0.1) is 19.8 Å². The number of piperidine rings is 1. The highest BCUT2D eigenvalue weighted by molar-refractivity contribution is 5.84. The molecule has 0 aliphatic carbocycles. The summed E-state index contributed by atoms with van der Waals surface area (Å²) in [7, 11) is 0. The maximum absolute atomic E-state index is 13.8. The zero-order valence-electron chi connectivity index (χ0n) is 20.5. The maximum atomic E-state index is 13.8. The van der Waals surface area contributed by atoms with Gasteiger partial charge in [-0.2, -0.15) is 0 Å². The summed E-state index contributed by atoms with van der Waals surface area (Å²) in [6.07, 6.45) is 2.38. The number of nitrogens with zero attached hydrogens (tertiary/aromatic N) is 3. The van der Waals surface area contributed by atoms with Crippen molar-refractivity contribution in [3.63, 3.8) is 0 Å². The summed E-state index contributed by atoms with van der Waals surface area (Å²) in [6, 6.07) is 13.2. The molecule has 0 saturated carbocycles. The number of hydrogen-bond donors (Lipinski definition) is 0. The van der Waals surface area contributed by atoms with Crippen molar-refractivity contribution >= 4 is 10.9 Å². The topological polar surface area (TPSA) is 38.1 Å². The molecule has 1 atom stereocenters. The fourth-order valence-corrected chi connectivity index (χ4v) is 4.93. The average molecular weight is 432 g/mol. The molecule has 4 nitrogen and oxygen atoms in total. The van der Waals surface area contributed by atoms with Gasteiger partial charge in [-0.05, 0) is 87.4 Å². The Balaban J connectivity index is 1.77. The number of rotatable bonds is 5. The van der Waals surface area contributed by atoms with Gasteiger partial charge < -0.3 is 4.90 Å². The van der Waals surface area contributed by atoms with Crippen molar-refractivity contribution in [1.82, 2.24) is 14.5 Å². The first-order chi connectivity index (χ1) is 15.2. The fourth-order valence-electron chi connectivity index (χ4n) is 4.93. The van der Waals surface area contributed by atoms with Crippen LogP contribution in [0.4, 0.5) is 0 Å². The summed E-state index contributed by atoms with van der Waals surface area (Å²) in [6.45, 7) is 16.0. The molecule has 4 heteroatoms. The van der Waals surface area contributed by atoms with Crippen molar-refractivity contribution in [2.24, 2.45) is 5.92 Å². The minimum Gasteiger partial charge on any atom is -0.301 e. The largest absolute Gasteiger partial charge is 0.301 e. The standard InChI is InChI=1S/C28H37N3O/c1-18(2)27-29-26-12-11-24(23-10-9-20(5)21(6)14-23)15-25(26)28(32)31(27)17-22-8-7-13-30(16-22)19(3)4/h9-12,14-15,18-19,22H,7-8,13,16-17H2,1-6H3/t22-/m0/s1. The zero-order valence-corrected chi connectivity index (χ0v) is 20.5. The van der Waals surface area contributed by atoms with Crippen LogP contribution in [0.5, 0.6) is 0 Å². The van der Waals surface area contributed by atoms with Crippen LogP contribution in [0.3, 0.4) is 0 Å². The molecule has 0 amide bonds. The molecule has 0 radical (unpaired) electrons. The van der Waals surface area contributed by atoms with E-state index in [4.69, 9.17) is 4.98 Å². The lowest BCUT2D eigenvalue weighted by Crippen LogP contribution is -2.42. The van der Waals surface area contributed by atoms with Crippen LogP contribution >= 0.6 is 0 Å². The zero-order chi connectivity index (χ0) is 23.0.